The van der Waals surface area contributed by atoms with E-state index in [0.29, 0.717) is 24.0 Å². The van der Waals surface area contributed by atoms with Crippen LogP contribution in [0.5, 0.6) is 0 Å². The van der Waals surface area contributed by atoms with Crippen molar-refractivity contribution < 1.29 is 33.7 Å². The SMILES string of the molecule is C=C1C(=O)O[C@H]2[C@@H]3[C@@H](COC(C)=O)[C@H](OC(C)=O)C[C@@H]3C(=C)[C@H](O)C[C@H]12. The summed E-state index contributed by atoms with van der Waals surface area (Å²) in [7, 11) is 0. The van der Waals surface area contributed by atoms with E-state index in [0.717, 1.165) is 0 Å². The zero-order valence-corrected chi connectivity index (χ0v) is 15.0. The highest BCUT2D eigenvalue weighted by atomic mass is 16.6. The number of hydrogen-bond acceptors (Lipinski definition) is 7. The van der Waals surface area contributed by atoms with E-state index in [-0.39, 0.29) is 30.3 Å². The zero-order chi connectivity index (χ0) is 19.2. The minimum Gasteiger partial charge on any atom is -0.465 e. The largest absolute Gasteiger partial charge is 0.465 e. The molecule has 1 saturated heterocycles. The fourth-order valence-corrected chi connectivity index (χ4v) is 4.67. The van der Waals surface area contributed by atoms with Crippen LogP contribution in [0, 0.1) is 23.7 Å². The summed E-state index contributed by atoms with van der Waals surface area (Å²) in [4.78, 5) is 34.9. The van der Waals surface area contributed by atoms with E-state index >= 15 is 0 Å². The number of carbonyl (C=O) groups is 3. The highest BCUT2D eigenvalue weighted by Gasteiger charge is 2.58. The summed E-state index contributed by atoms with van der Waals surface area (Å²) in [5.41, 5.74) is 0.973. The molecule has 142 valence electrons. The van der Waals surface area contributed by atoms with Crippen LogP contribution in [0.4, 0.5) is 0 Å². The number of carbonyl (C=O) groups excluding carboxylic acids is 3. The molecule has 0 bridgehead atoms. The lowest BCUT2D eigenvalue weighted by atomic mass is 9.79. The standard InChI is InChI=1S/C19H24O7/c1-8-12-6-16(25-11(4)21)14(7-24-10(3)20)17(12)18-13(5-15(8)22)9(2)19(23)26-18/h12-18,22H,1-2,5-7H2,3-4H3/t12-,13-,14+,15-,16-,17+,18-/m1/s1. The minimum absolute atomic E-state index is 0.0467. The minimum atomic E-state index is -0.797. The number of hydrogen-bond donors (Lipinski definition) is 1. The monoisotopic (exact) mass is 364 g/mol. The second-order valence-corrected chi connectivity index (χ2v) is 7.36. The molecule has 0 aromatic heterocycles. The van der Waals surface area contributed by atoms with Crippen molar-refractivity contribution in [3.8, 4) is 0 Å². The molecule has 1 N–H and O–H groups in total. The van der Waals surface area contributed by atoms with Crippen LogP contribution in [-0.2, 0) is 28.6 Å². The molecule has 7 nitrogen and oxygen atoms in total. The fraction of sp³-hybridized carbons (Fsp3) is 0.632. The van der Waals surface area contributed by atoms with Crippen molar-refractivity contribution in [2.45, 2.75) is 45.0 Å². The van der Waals surface area contributed by atoms with Crippen LogP contribution in [0.25, 0.3) is 0 Å². The third-order valence-corrected chi connectivity index (χ3v) is 5.83. The molecule has 2 aliphatic carbocycles. The van der Waals surface area contributed by atoms with Crippen molar-refractivity contribution in [1.29, 1.82) is 0 Å². The van der Waals surface area contributed by atoms with Crippen molar-refractivity contribution in [3.05, 3.63) is 24.3 Å². The summed E-state index contributed by atoms with van der Waals surface area (Å²) in [6, 6.07) is 0. The molecule has 3 rings (SSSR count). The first kappa shape index (κ1) is 18.6. The number of aliphatic hydroxyl groups is 1. The number of aliphatic hydroxyl groups excluding tert-OH is 1. The van der Waals surface area contributed by atoms with Gasteiger partial charge < -0.3 is 19.3 Å². The van der Waals surface area contributed by atoms with Crippen LogP contribution in [0.3, 0.4) is 0 Å². The molecule has 3 aliphatic rings. The highest BCUT2D eigenvalue weighted by molar-refractivity contribution is 5.91. The molecular formula is C19H24O7. The van der Waals surface area contributed by atoms with Gasteiger partial charge in [-0.05, 0) is 24.3 Å². The lowest BCUT2D eigenvalue weighted by molar-refractivity contribution is -0.155. The molecule has 0 spiro atoms. The van der Waals surface area contributed by atoms with Gasteiger partial charge in [0.1, 0.15) is 12.2 Å². The number of ether oxygens (including phenoxy) is 3. The molecule has 0 unspecified atom stereocenters. The Labute approximate surface area is 152 Å². The number of fused-ring (bicyclic) bond motifs is 3. The third-order valence-electron chi connectivity index (χ3n) is 5.83. The van der Waals surface area contributed by atoms with Crippen LogP contribution < -0.4 is 0 Å². The van der Waals surface area contributed by atoms with Gasteiger partial charge in [-0.15, -0.1) is 0 Å². The maximum Gasteiger partial charge on any atom is 0.334 e. The van der Waals surface area contributed by atoms with Gasteiger partial charge in [0.15, 0.2) is 0 Å². The Kier molecular flexibility index (Phi) is 4.92. The van der Waals surface area contributed by atoms with E-state index in [1.54, 1.807) is 0 Å². The van der Waals surface area contributed by atoms with Crippen LogP contribution in [-0.4, -0.2) is 47.9 Å². The predicted octanol–water partition coefficient (Wildman–Crippen LogP) is 1.15. The Bertz CT molecular complexity index is 667. The lowest BCUT2D eigenvalue weighted by Crippen LogP contribution is -2.37. The van der Waals surface area contributed by atoms with Gasteiger partial charge in [-0.25, -0.2) is 4.79 Å². The van der Waals surface area contributed by atoms with Crippen LogP contribution >= 0.6 is 0 Å². The summed E-state index contributed by atoms with van der Waals surface area (Å²) in [6.45, 7) is 10.5. The first-order chi connectivity index (χ1) is 12.2. The molecule has 0 amide bonds. The third kappa shape index (κ3) is 3.16. The van der Waals surface area contributed by atoms with Gasteiger partial charge in [0.05, 0.1) is 12.7 Å². The molecule has 0 aromatic carbocycles. The van der Waals surface area contributed by atoms with Gasteiger partial charge in [-0.2, -0.15) is 0 Å². The van der Waals surface area contributed by atoms with Crippen LogP contribution in [0.1, 0.15) is 26.7 Å². The summed E-state index contributed by atoms with van der Waals surface area (Å²) in [6.07, 6.45) is -1.04. The molecule has 26 heavy (non-hydrogen) atoms. The Morgan fingerprint density at radius 2 is 1.88 bits per heavy atom. The molecule has 3 fully saturated rings. The van der Waals surface area contributed by atoms with Gasteiger partial charge in [0.2, 0.25) is 0 Å². The lowest BCUT2D eigenvalue weighted by Gasteiger charge is -2.30. The van der Waals surface area contributed by atoms with Crippen molar-refractivity contribution in [2.24, 2.45) is 23.7 Å². The maximum atomic E-state index is 12.1. The quantitative estimate of drug-likeness (QED) is 0.347. The molecular weight excluding hydrogens is 340 g/mol. The molecule has 7 heteroatoms. The highest BCUT2D eigenvalue weighted by Crippen LogP contribution is 2.53. The van der Waals surface area contributed by atoms with Crippen molar-refractivity contribution in [2.75, 3.05) is 6.61 Å². The van der Waals surface area contributed by atoms with Crippen LogP contribution in [0.2, 0.25) is 0 Å². The van der Waals surface area contributed by atoms with E-state index in [4.69, 9.17) is 14.2 Å². The van der Waals surface area contributed by atoms with E-state index in [2.05, 4.69) is 13.2 Å². The molecule has 1 aliphatic heterocycles. The average molecular weight is 364 g/mol. The Balaban J connectivity index is 1.98. The van der Waals surface area contributed by atoms with Crippen molar-refractivity contribution >= 4 is 17.9 Å². The molecule has 2 saturated carbocycles. The normalized spacial score (nSPS) is 38.9. The topological polar surface area (TPSA) is 99.1 Å². The second-order valence-electron chi connectivity index (χ2n) is 7.36. The molecule has 0 aromatic rings. The van der Waals surface area contributed by atoms with Gasteiger partial charge in [-0.1, -0.05) is 13.2 Å². The number of esters is 3. The molecule has 0 radical (unpaired) electrons. The van der Waals surface area contributed by atoms with Gasteiger partial charge >= 0.3 is 17.9 Å². The number of rotatable bonds is 3. The fourth-order valence-electron chi connectivity index (χ4n) is 4.67. The smallest absolute Gasteiger partial charge is 0.334 e. The van der Waals surface area contributed by atoms with Crippen LogP contribution in [0.15, 0.2) is 24.3 Å². The van der Waals surface area contributed by atoms with E-state index in [9.17, 15) is 19.5 Å². The predicted molar refractivity (Wildman–Crippen MR) is 89.5 cm³/mol. The summed E-state index contributed by atoms with van der Waals surface area (Å²) >= 11 is 0. The zero-order valence-electron chi connectivity index (χ0n) is 15.0. The first-order valence-corrected chi connectivity index (χ1v) is 8.77. The van der Waals surface area contributed by atoms with Crippen molar-refractivity contribution in [1.82, 2.24) is 0 Å². The summed E-state index contributed by atoms with van der Waals surface area (Å²) in [5.74, 6) is -2.50. The van der Waals surface area contributed by atoms with Gasteiger partial charge in [-0.3, -0.25) is 9.59 Å². The van der Waals surface area contributed by atoms with E-state index < -0.39 is 36.2 Å². The Morgan fingerprint density at radius 3 is 2.50 bits per heavy atom. The maximum absolute atomic E-state index is 12.1. The second kappa shape index (κ2) is 6.87. The summed E-state index contributed by atoms with van der Waals surface area (Å²) in [5, 5.41) is 10.5. The molecule has 1 heterocycles. The van der Waals surface area contributed by atoms with E-state index in [1.165, 1.54) is 13.8 Å². The molecule has 7 atom stereocenters. The summed E-state index contributed by atoms with van der Waals surface area (Å²) < 4.78 is 16.3. The van der Waals surface area contributed by atoms with Gasteiger partial charge in [0, 0.05) is 37.2 Å². The van der Waals surface area contributed by atoms with Crippen molar-refractivity contribution in [3.63, 3.8) is 0 Å². The Hall–Kier alpha value is -2.15. The average Bonchev–Trinajstić information content (AvgIpc) is 3.00. The Morgan fingerprint density at radius 1 is 1.19 bits per heavy atom. The van der Waals surface area contributed by atoms with Gasteiger partial charge in [0.25, 0.3) is 0 Å². The van der Waals surface area contributed by atoms with E-state index in [1.807, 2.05) is 0 Å². The first-order valence-electron chi connectivity index (χ1n) is 8.77.